The van der Waals surface area contributed by atoms with Crippen LogP contribution in [0.2, 0.25) is 0 Å². The van der Waals surface area contributed by atoms with Gasteiger partial charge in [0, 0.05) is 28.3 Å². The molecule has 8 nitrogen and oxygen atoms in total. The topological polar surface area (TPSA) is 105 Å². The van der Waals surface area contributed by atoms with Gasteiger partial charge < -0.3 is 19.7 Å². The molecule has 1 heterocycles. The number of methoxy groups -OCH3 is 1. The molecular formula is C32H36N4O4S. The predicted molar refractivity (Wildman–Crippen MR) is 165 cm³/mol. The molecule has 0 radical (unpaired) electrons. The van der Waals surface area contributed by atoms with Crippen LogP contribution in [0.3, 0.4) is 0 Å². The second kappa shape index (κ2) is 15.0. The van der Waals surface area contributed by atoms with Gasteiger partial charge in [0.15, 0.2) is 5.69 Å². The lowest BCUT2D eigenvalue weighted by atomic mass is 10.1. The number of para-hydroxylation sites is 1. The number of esters is 1. The third kappa shape index (κ3) is 8.20. The molecule has 0 fully saturated rings. The molecular weight excluding hydrogens is 536 g/mol. The third-order valence-electron chi connectivity index (χ3n) is 6.77. The number of amides is 2. The van der Waals surface area contributed by atoms with E-state index in [2.05, 4.69) is 22.5 Å². The summed E-state index contributed by atoms with van der Waals surface area (Å²) in [6.45, 7) is 2.85. The zero-order valence-electron chi connectivity index (χ0n) is 23.5. The van der Waals surface area contributed by atoms with E-state index < -0.39 is 6.03 Å². The summed E-state index contributed by atoms with van der Waals surface area (Å²) in [5.74, 6) is 0.490. The van der Waals surface area contributed by atoms with Gasteiger partial charge in [0.25, 0.3) is 0 Å². The number of aryl methyl sites for hydroxylation is 2. The van der Waals surface area contributed by atoms with Crippen molar-refractivity contribution >= 4 is 46.0 Å². The number of nitrogens with one attached hydrogen (secondary N) is 1. The highest BCUT2D eigenvalue weighted by molar-refractivity contribution is 7.99. The normalized spacial score (nSPS) is 11.3. The van der Waals surface area contributed by atoms with Crippen molar-refractivity contribution in [1.29, 1.82) is 0 Å². The van der Waals surface area contributed by atoms with Crippen molar-refractivity contribution in [3.8, 4) is 5.88 Å². The number of thioether (sulfide) groups is 1. The first-order chi connectivity index (χ1) is 20.0. The Morgan fingerprint density at radius 2 is 1.73 bits per heavy atom. The maximum atomic E-state index is 12.4. The number of hydrogen-bond acceptors (Lipinski definition) is 6. The van der Waals surface area contributed by atoms with Crippen LogP contribution in [0.25, 0.3) is 10.9 Å². The number of aromatic hydroxyl groups is 1. The molecule has 0 unspecified atom stereocenters. The minimum absolute atomic E-state index is 0.0135. The number of aromatic nitrogens is 1. The highest BCUT2D eigenvalue weighted by atomic mass is 32.2. The minimum atomic E-state index is -0.611. The Balaban J connectivity index is 1.51. The van der Waals surface area contributed by atoms with Crippen molar-refractivity contribution in [3.05, 3.63) is 83.9 Å². The molecule has 2 amide bonds. The summed E-state index contributed by atoms with van der Waals surface area (Å²) >= 11 is 1.69. The number of fused-ring (bicyclic) bond motifs is 1. The minimum Gasteiger partial charge on any atom is -0.493 e. The number of ether oxygens (including phenoxy) is 1. The number of benzene rings is 3. The zero-order chi connectivity index (χ0) is 29.0. The first-order valence-corrected chi connectivity index (χ1v) is 14.9. The van der Waals surface area contributed by atoms with Crippen LogP contribution in [0, 0.1) is 0 Å². The van der Waals surface area contributed by atoms with Crippen LogP contribution in [0.15, 0.2) is 87.9 Å². The molecule has 41 heavy (non-hydrogen) atoms. The van der Waals surface area contributed by atoms with Crippen LogP contribution in [0.5, 0.6) is 5.88 Å². The Bertz CT molecular complexity index is 1480. The van der Waals surface area contributed by atoms with Gasteiger partial charge in [0.05, 0.1) is 18.2 Å². The van der Waals surface area contributed by atoms with E-state index in [1.807, 2.05) is 53.1 Å². The summed E-state index contributed by atoms with van der Waals surface area (Å²) in [6, 6.07) is 21.9. The number of carbonyl (C=O) groups is 2. The highest BCUT2D eigenvalue weighted by Gasteiger charge is 2.18. The number of azo groups is 1. The number of carbonyl (C=O) groups excluding carboxylic acids is 2. The van der Waals surface area contributed by atoms with Gasteiger partial charge in [-0.3, -0.25) is 0 Å². The van der Waals surface area contributed by atoms with E-state index in [0.717, 1.165) is 52.8 Å². The lowest BCUT2D eigenvalue weighted by Gasteiger charge is -2.07. The molecule has 0 aliphatic carbocycles. The van der Waals surface area contributed by atoms with Crippen LogP contribution in [0.1, 0.15) is 54.9 Å². The van der Waals surface area contributed by atoms with Gasteiger partial charge >= 0.3 is 12.0 Å². The fourth-order valence-electron chi connectivity index (χ4n) is 4.57. The van der Waals surface area contributed by atoms with Crippen molar-refractivity contribution < 1.29 is 19.4 Å². The maximum absolute atomic E-state index is 12.4. The first kappa shape index (κ1) is 29.9. The molecule has 0 spiro atoms. The number of anilines is 1. The van der Waals surface area contributed by atoms with Crippen molar-refractivity contribution in [2.24, 2.45) is 10.2 Å². The van der Waals surface area contributed by atoms with E-state index in [0.29, 0.717) is 17.8 Å². The standard InChI is InChI=1S/C32H36N4O4S/c1-3-4-5-6-10-20-36-28-18-17-26(41-21-19-23-13-15-24(16-14-23)31(38)40-2)22-27(28)29(30(36)37)34-35-32(39)33-25-11-8-7-9-12-25/h7-9,11-18,22,37H,3-6,10,19-21H2,1-2H3,(H,33,39). The highest BCUT2D eigenvalue weighted by Crippen LogP contribution is 2.41. The van der Waals surface area contributed by atoms with E-state index in [1.54, 1.807) is 36.0 Å². The summed E-state index contributed by atoms with van der Waals surface area (Å²) < 4.78 is 6.63. The van der Waals surface area contributed by atoms with Gasteiger partial charge in [-0.25, -0.2) is 9.59 Å². The largest absolute Gasteiger partial charge is 0.493 e. The molecule has 0 aliphatic rings. The Labute approximate surface area is 244 Å². The molecule has 4 rings (SSSR count). The lowest BCUT2D eigenvalue weighted by molar-refractivity contribution is 0.0600. The van der Waals surface area contributed by atoms with E-state index in [9.17, 15) is 14.7 Å². The number of urea groups is 1. The van der Waals surface area contributed by atoms with Crippen LogP contribution < -0.4 is 5.32 Å². The smallest absolute Gasteiger partial charge is 0.364 e. The van der Waals surface area contributed by atoms with E-state index in [1.165, 1.54) is 20.0 Å². The number of rotatable bonds is 13. The Morgan fingerprint density at radius 3 is 2.46 bits per heavy atom. The van der Waals surface area contributed by atoms with Crippen LogP contribution in [-0.2, 0) is 17.7 Å². The molecule has 2 N–H and O–H groups in total. The lowest BCUT2D eigenvalue weighted by Crippen LogP contribution is -2.04. The molecule has 0 atom stereocenters. The third-order valence-corrected chi connectivity index (χ3v) is 7.76. The SMILES string of the molecule is CCCCCCCn1c(O)c(N=NC(=O)Nc2ccccc2)c2cc(SCCc3ccc(C(=O)OC)cc3)ccc21. The molecule has 0 aliphatic heterocycles. The van der Waals surface area contributed by atoms with Crippen LogP contribution in [-0.4, -0.2) is 34.5 Å². The molecule has 4 aromatic rings. The van der Waals surface area contributed by atoms with Gasteiger partial charge in [-0.15, -0.1) is 16.9 Å². The van der Waals surface area contributed by atoms with Crippen molar-refractivity contribution in [2.75, 3.05) is 18.2 Å². The second-order valence-corrected chi connectivity index (χ2v) is 10.9. The van der Waals surface area contributed by atoms with Gasteiger partial charge in [0.2, 0.25) is 5.88 Å². The van der Waals surface area contributed by atoms with Gasteiger partial charge in [0.1, 0.15) is 0 Å². The average molecular weight is 573 g/mol. The molecule has 1 aromatic heterocycles. The Hall–Kier alpha value is -4.11. The Morgan fingerprint density at radius 1 is 0.976 bits per heavy atom. The molecule has 0 bridgehead atoms. The van der Waals surface area contributed by atoms with Gasteiger partial charge in [-0.05, 0) is 60.9 Å². The maximum Gasteiger partial charge on any atom is 0.364 e. The summed E-state index contributed by atoms with van der Waals surface area (Å²) in [7, 11) is 1.37. The monoisotopic (exact) mass is 572 g/mol. The zero-order valence-corrected chi connectivity index (χ0v) is 24.3. The van der Waals surface area contributed by atoms with E-state index in [-0.39, 0.29) is 17.5 Å². The molecule has 0 saturated heterocycles. The predicted octanol–water partition coefficient (Wildman–Crippen LogP) is 8.75. The van der Waals surface area contributed by atoms with Crippen molar-refractivity contribution in [3.63, 3.8) is 0 Å². The van der Waals surface area contributed by atoms with Crippen LogP contribution >= 0.6 is 11.8 Å². The molecule has 9 heteroatoms. The quantitative estimate of drug-likeness (QED) is 0.0721. The van der Waals surface area contributed by atoms with Crippen molar-refractivity contribution in [1.82, 2.24) is 4.57 Å². The first-order valence-electron chi connectivity index (χ1n) is 13.9. The number of unbranched alkanes of at least 4 members (excludes halogenated alkanes) is 4. The second-order valence-electron chi connectivity index (χ2n) is 9.70. The summed E-state index contributed by atoms with van der Waals surface area (Å²) in [4.78, 5) is 25.1. The fraction of sp³-hybridized carbons (Fsp3) is 0.312. The summed E-state index contributed by atoms with van der Waals surface area (Å²) in [5, 5.41) is 22.6. The fourth-order valence-corrected chi connectivity index (χ4v) is 5.51. The van der Waals surface area contributed by atoms with Gasteiger partial charge in [-0.1, -0.05) is 68.1 Å². The number of hydrogen-bond donors (Lipinski definition) is 2. The Kier molecular flexibility index (Phi) is 11.0. The summed E-state index contributed by atoms with van der Waals surface area (Å²) in [6.07, 6.45) is 6.37. The van der Waals surface area contributed by atoms with Crippen LogP contribution in [0.4, 0.5) is 16.2 Å². The van der Waals surface area contributed by atoms with E-state index in [4.69, 9.17) is 4.74 Å². The average Bonchev–Trinajstić information content (AvgIpc) is 3.25. The molecule has 3 aromatic carbocycles. The van der Waals surface area contributed by atoms with Crippen molar-refractivity contribution in [2.45, 2.75) is 56.9 Å². The molecule has 0 saturated carbocycles. The van der Waals surface area contributed by atoms with Gasteiger partial charge in [-0.2, -0.15) is 0 Å². The molecule has 214 valence electrons. The summed E-state index contributed by atoms with van der Waals surface area (Å²) in [5.41, 5.74) is 3.42. The van der Waals surface area contributed by atoms with E-state index >= 15 is 0 Å². The number of nitrogens with zero attached hydrogens (tertiary/aromatic N) is 3.